The minimum atomic E-state index is -0.917. The molecular weight excluding hydrogens is 196 g/mol. The van der Waals surface area contributed by atoms with Crippen molar-refractivity contribution in [2.45, 2.75) is 12.5 Å². The van der Waals surface area contributed by atoms with Crippen LogP contribution < -0.4 is 15.2 Å². The number of ether oxygens (including phenoxy) is 2. The quantitative estimate of drug-likeness (QED) is 0.748. The van der Waals surface area contributed by atoms with E-state index in [0.717, 1.165) is 0 Å². The Balaban J connectivity index is 3.34. The van der Waals surface area contributed by atoms with Gasteiger partial charge in [-0.15, -0.1) is 0 Å². The van der Waals surface area contributed by atoms with E-state index < -0.39 is 5.54 Å². The third-order valence-electron chi connectivity index (χ3n) is 2.22. The van der Waals surface area contributed by atoms with Crippen LogP contribution in [0.4, 0.5) is 0 Å². The number of aliphatic hydroxyl groups excluding tert-OH is 1. The van der Waals surface area contributed by atoms with Crippen LogP contribution in [0.5, 0.6) is 11.5 Å². The molecule has 0 aliphatic rings. The van der Waals surface area contributed by atoms with Crippen molar-refractivity contribution in [1.82, 2.24) is 4.98 Å². The Morgan fingerprint density at radius 1 is 1.33 bits per heavy atom. The highest BCUT2D eigenvalue weighted by Gasteiger charge is 2.28. The standard InChI is InChI=1S/C10H16N2O3/c1-10(11,6-13)9-7(14-2)4-12-5-8(9)15-3/h4-5,13H,6,11H2,1-3H3. The van der Waals surface area contributed by atoms with Gasteiger partial charge in [-0.2, -0.15) is 0 Å². The van der Waals surface area contributed by atoms with Crippen molar-refractivity contribution in [3.8, 4) is 11.5 Å². The van der Waals surface area contributed by atoms with Gasteiger partial charge in [-0.25, -0.2) is 0 Å². The fourth-order valence-corrected chi connectivity index (χ4v) is 1.37. The molecule has 0 radical (unpaired) electrons. The maximum atomic E-state index is 9.23. The summed E-state index contributed by atoms with van der Waals surface area (Å²) in [5.74, 6) is 1.02. The maximum absolute atomic E-state index is 9.23. The fraction of sp³-hybridized carbons (Fsp3) is 0.500. The first kappa shape index (κ1) is 11.7. The van der Waals surface area contributed by atoms with Crippen molar-refractivity contribution >= 4 is 0 Å². The number of pyridine rings is 1. The molecule has 3 N–H and O–H groups in total. The summed E-state index contributed by atoms with van der Waals surface area (Å²) < 4.78 is 10.3. The zero-order valence-electron chi connectivity index (χ0n) is 9.15. The molecule has 0 aliphatic heterocycles. The predicted molar refractivity (Wildman–Crippen MR) is 56.0 cm³/mol. The molecule has 0 amide bonds. The smallest absolute Gasteiger partial charge is 0.146 e. The largest absolute Gasteiger partial charge is 0.495 e. The van der Waals surface area contributed by atoms with Gasteiger partial charge in [0.2, 0.25) is 0 Å². The van der Waals surface area contributed by atoms with Gasteiger partial charge in [-0.3, -0.25) is 4.98 Å². The van der Waals surface area contributed by atoms with Crippen LogP contribution in [0.15, 0.2) is 12.4 Å². The van der Waals surface area contributed by atoms with Gasteiger partial charge in [0.1, 0.15) is 11.5 Å². The number of nitrogens with zero attached hydrogens (tertiary/aromatic N) is 1. The number of rotatable bonds is 4. The van der Waals surface area contributed by atoms with Crippen LogP contribution in [0.25, 0.3) is 0 Å². The minimum Gasteiger partial charge on any atom is -0.495 e. The van der Waals surface area contributed by atoms with Crippen molar-refractivity contribution in [2.24, 2.45) is 5.73 Å². The molecule has 0 saturated carbocycles. The van der Waals surface area contributed by atoms with Gasteiger partial charge in [-0.05, 0) is 6.92 Å². The summed E-state index contributed by atoms with van der Waals surface area (Å²) in [6, 6.07) is 0. The lowest BCUT2D eigenvalue weighted by atomic mass is 9.93. The predicted octanol–water partition coefficient (Wildman–Crippen LogP) is 0.265. The number of methoxy groups -OCH3 is 2. The molecule has 84 valence electrons. The molecule has 5 heteroatoms. The van der Waals surface area contributed by atoms with E-state index in [9.17, 15) is 5.11 Å². The van der Waals surface area contributed by atoms with Crippen molar-refractivity contribution in [1.29, 1.82) is 0 Å². The maximum Gasteiger partial charge on any atom is 0.146 e. The summed E-state index contributed by atoms with van der Waals surface area (Å²) in [5.41, 5.74) is 5.65. The second kappa shape index (κ2) is 4.46. The Morgan fingerprint density at radius 2 is 1.80 bits per heavy atom. The summed E-state index contributed by atoms with van der Waals surface area (Å²) in [7, 11) is 3.04. The highest BCUT2D eigenvalue weighted by molar-refractivity contribution is 5.46. The van der Waals surface area contributed by atoms with Gasteiger partial charge in [0.25, 0.3) is 0 Å². The Hall–Kier alpha value is -1.33. The molecule has 0 spiro atoms. The molecule has 0 bridgehead atoms. The average Bonchev–Trinajstić information content (AvgIpc) is 2.27. The molecule has 5 nitrogen and oxygen atoms in total. The van der Waals surface area contributed by atoms with Crippen molar-refractivity contribution in [3.05, 3.63) is 18.0 Å². The third kappa shape index (κ3) is 2.19. The topological polar surface area (TPSA) is 77.6 Å². The zero-order chi connectivity index (χ0) is 11.5. The minimum absolute atomic E-state index is 0.205. The molecule has 1 aromatic heterocycles. The molecule has 1 unspecified atom stereocenters. The van der Waals surface area contributed by atoms with Crippen LogP contribution in [0.3, 0.4) is 0 Å². The van der Waals surface area contributed by atoms with Gasteiger partial charge >= 0.3 is 0 Å². The summed E-state index contributed by atoms with van der Waals surface area (Å²) >= 11 is 0. The molecule has 0 fully saturated rings. The Kier molecular flexibility index (Phi) is 3.49. The van der Waals surface area contributed by atoms with Gasteiger partial charge in [-0.1, -0.05) is 0 Å². The van der Waals surface area contributed by atoms with Crippen LogP contribution >= 0.6 is 0 Å². The van der Waals surface area contributed by atoms with Gasteiger partial charge in [0, 0.05) is 0 Å². The normalized spacial score (nSPS) is 14.5. The lowest BCUT2D eigenvalue weighted by Gasteiger charge is -2.26. The molecule has 1 heterocycles. The first-order chi connectivity index (χ1) is 7.06. The van der Waals surface area contributed by atoms with E-state index in [4.69, 9.17) is 15.2 Å². The summed E-state index contributed by atoms with van der Waals surface area (Å²) in [4.78, 5) is 3.95. The Bertz CT molecular complexity index is 317. The van der Waals surface area contributed by atoms with E-state index in [2.05, 4.69) is 4.98 Å². The Labute approximate surface area is 88.8 Å². The molecule has 1 atom stereocenters. The average molecular weight is 212 g/mol. The highest BCUT2D eigenvalue weighted by Crippen LogP contribution is 2.34. The molecule has 1 rings (SSSR count). The van der Waals surface area contributed by atoms with Crippen LogP contribution in [0.2, 0.25) is 0 Å². The lowest BCUT2D eigenvalue weighted by molar-refractivity contribution is 0.202. The number of hydrogen-bond donors (Lipinski definition) is 2. The van der Waals surface area contributed by atoms with E-state index in [1.807, 2.05) is 0 Å². The SMILES string of the molecule is COc1cncc(OC)c1C(C)(N)CO. The second-order valence-corrected chi connectivity index (χ2v) is 3.49. The first-order valence-electron chi connectivity index (χ1n) is 4.53. The van der Waals surface area contributed by atoms with Gasteiger partial charge in [0.05, 0.1) is 44.3 Å². The van der Waals surface area contributed by atoms with E-state index in [1.165, 1.54) is 14.2 Å². The Morgan fingerprint density at radius 3 is 2.13 bits per heavy atom. The monoisotopic (exact) mass is 212 g/mol. The van der Waals surface area contributed by atoms with E-state index >= 15 is 0 Å². The molecule has 0 saturated heterocycles. The molecule has 1 aromatic rings. The van der Waals surface area contributed by atoms with Crippen molar-refractivity contribution < 1.29 is 14.6 Å². The third-order valence-corrected chi connectivity index (χ3v) is 2.22. The fourth-order valence-electron chi connectivity index (χ4n) is 1.37. The van der Waals surface area contributed by atoms with Crippen LogP contribution in [-0.2, 0) is 5.54 Å². The molecular formula is C10H16N2O3. The van der Waals surface area contributed by atoms with E-state index in [1.54, 1.807) is 19.3 Å². The molecule has 0 aliphatic carbocycles. The van der Waals surface area contributed by atoms with Crippen molar-refractivity contribution in [3.63, 3.8) is 0 Å². The lowest BCUT2D eigenvalue weighted by Crippen LogP contribution is -2.37. The molecule has 0 aromatic carbocycles. The van der Waals surface area contributed by atoms with Gasteiger partial charge in [0.15, 0.2) is 0 Å². The van der Waals surface area contributed by atoms with E-state index in [-0.39, 0.29) is 6.61 Å². The second-order valence-electron chi connectivity index (χ2n) is 3.49. The summed E-state index contributed by atoms with van der Waals surface area (Å²) in [6.45, 7) is 1.50. The van der Waals surface area contributed by atoms with Gasteiger partial charge < -0.3 is 20.3 Å². The van der Waals surface area contributed by atoms with Crippen LogP contribution in [0, 0.1) is 0 Å². The summed E-state index contributed by atoms with van der Waals surface area (Å²) in [6.07, 6.45) is 3.08. The van der Waals surface area contributed by atoms with Crippen molar-refractivity contribution in [2.75, 3.05) is 20.8 Å². The first-order valence-corrected chi connectivity index (χ1v) is 4.53. The number of hydrogen-bond acceptors (Lipinski definition) is 5. The summed E-state index contributed by atoms with van der Waals surface area (Å²) in [5, 5.41) is 9.23. The number of aromatic nitrogens is 1. The van der Waals surface area contributed by atoms with E-state index in [0.29, 0.717) is 17.1 Å². The molecule has 15 heavy (non-hydrogen) atoms. The van der Waals surface area contributed by atoms with Crippen LogP contribution in [0.1, 0.15) is 12.5 Å². The van der Waals surface area contributed by atoms with Crippen LogP contribution in [-0.4, -0.2) is 30.9 Å². The zero-order valence-corrected chi connectivity index (χ0v) is 9.15. The number of aliphatic hydroxyl groups is 1. The highest BCUT2D eigenvalue weighted by atomic mass is 16.5. The number of nitrogens with two attached hydrogens (primary N) is 1.